The van der Waals surface area contributed by atoms with Crippen molar-refractivity contribution in [1.29, 1.82) is 0 Å². The van der Waals surface area contributed by atoms with Crippen molar-refractivity contribution in [3.05, 3.63) is 0 Å². The Balaban J connectivity index is 2.48. The molecule has 0 amide bonds. The van der Waals surface area contributed by atoms with Crippen LogP contribution in [0.15, 0.2) is 0 Å². The first-order valence-electron chi connectivity index (χ1n) is 4.88. The zero-order chi connectivity index (χ0) is 10.6. The van der Waals surface area contributed by atoms with Crippen LogP contribution in [-0.4, -0.2) is 23.8 Å². The van der Waals surface area contributed by atoms with E-state index in [0.29, 0.717) is 10.7 Å². The number of rotatable bonds is 3. The van der Waals surface area contributed by atoms with E-state index in [2.05, 4.69) is 0 Å². The number of methoxy groups -OCH3 is 1. The fourth-order valence-electron chi connectivity index (χ4n) is 1.89. The molecule has 0 radical (unpaired) electrons. The molecule has 0 atom stereocenters. The molecule has 0 aromatic carbocycles. The summed E-state index contributed by atoms with van der Waals surface area (Å²) in [4.78, 5) is 11.6. The molecular weight excluding hydrogens is 295 g/mol. The molecule has 0 saturated heterocycles. The minimum absolute atomic E-state index is 0.0542. The fraction of sp³-hybridized carbons (Fsp3) is 0.900. The Bertz CT molecular complexity index is 198. The van der Waals surface area contributed by atoms with Crippen LogP contribution in [0, 0.1) is 5.41 Å². The van der Waals surface area contributed by atoms with Gasteiger partial charge in [-0.3, -0.25) is 4.79 Å². The van der Waals surface area contributed by atoms with Gasteiger partial charge >= 0.3 is 5.97 Å². The molecule has 1 rings (SSSR count). The minimum Gasteiger partial charge on any atom is -0.455 e. The van der Waals surface area contributed by atoms with Gasteiger partial charge in [0.25, 0.3) is 0 Å². The predicted octanol–water partition coefficient (Wildman–Crippen LogP) is 2.52. The van der Waals surface area contributed by atoms with Crippen LogP contribution < -0.4 is 0 Å². The van der Waals surface area contributed by atoms with Crippen LogP contribution in [0.25, 0.3) is 0 Å². The van der Waals surface area contributed by atoms with Crippen molar-refractivity contribution in [3.63, 3.8) is 0 Å². The maximum atomic E-state index is 11.6. The highest BCUT2D eigenvalue weighted by atomic mass is 127. The minimum atomic E-state index is -0.278. The normalized spacial score (nSPS) is 32.6. The quantitative estimate of drug-likeness (QED) is 0.456. The van der Waals surface area contributed by atoms with Crippen molar-refractivity contribution < 1.29 is 14.3 Å². The Kier molecular flexibility index (Phi) is 4.63. The van der Waals surface area contributed by atoms with E-state index in [0.717, 1.165) is 25.7 Å². The van der Waals surface area contributed by atoms with Crippen molar-refractivity contribution in [2.45, 2.75) is 38.7 Å². The molecule has 3 nitrogen and oxygen atoms in total. The summed E-state index contributed by atoms with van der Waals surface area (Å²) < 4.78 is 10.8. The summed E-state index contributed by atoms with van der Waals surface area (Å²) in [6, 6.07) is 0. The third-order valence-electron chi connectivity index (χ3n) is 3.05. The zero-order valence-electron chi connectivity index (χ0n) is 8.72. The molecule has 1 fully saturated rings. The molecule has 1 aliphatic carbocycles. The lowest BCUT2D eigenvalue weighted by Gasteiger charge is -2.34. The molecule has 14 heavy (non-hydrogen) atoms. The van der Waals surface area contributed by atoms with E-state index in [9.17, 15) is 4.79 Å². The second-order valence-electron chi connectivity index (χ2n) is 4.04. The Morgan fingerprint density at radius 1 is 1.50 bits per heavy atom. The van der Waals surface area contributed by atoms with Crippen molar-refractivity contribution in [2.75, 3.05) is 11.7 Å². The third kappa shape index (κ3) is 2.82. The molecular formula is C10H17IO3. The van der Waals surface area contributed by atoms with E-state index in [1.54, 1.807) is 7.11 Å². The average Bonchev–Trinajstić information content (AvgIpc) is 2.19. The van der Waals surface area contributed by atoms with Gasteiger partial charge in [-0.2, -0.15) is 0 Å². The van der Waals surface area contributed by atoms with Crippen LogP contribution >= 0.6 is 22.6 Å². The Labute approximate surface area is 98.7 Å². The van der Waals surface area contributed by atoms with Gasteiger partial charge in [0, 0.05) is 7.11 Å². The second-order valence-corrected chi connectivity index (χ2v) is 4.66. The van der Waals surface area contributed by atoms with Gasteiger partial charge in [0.1, 0.15) is 4.61 Å². The van der Waals surface area contributed by atoms with Crippen LogP contribution in [0.4, 0.5) is 0 Å². The largest absolute Gasteiger partial charge is 0.455 e. The fourth-order valence-corrected chi connectivity index (χ4v) is 2.17. The molecule has 0 heterocycles. The standard InChI is InChI=1S/C10H17IO3/c1-10(9(12)14-7-11)5-3-8(13-2)4-6-10/h8H,3-7H2,1-2H3. The van der Waals surface area contributed by atoms with E-state index in [1.807, 2.05) is 29.5 Å². The van der Waals surface area contributed by atoms with Gasteiger partial charge in [0.15, 0.2) is 0 Å². The number of hydrogen-bond acceptors (Lipinski definition) is 3. The Morgan fingerprint density at radius 2 is 2.07 bits per heavy atom. The van der Waals surface area contributed by atoms with Crippen LogP contribution in [-0.2, 0) is 14.3 Å². The third-order valence-corrected chi connectivity index (χ3v) is 3.36. The van der Waals surface area contributed by atoms with Crippen molar-refractivity contribution in [2.24, 2.45) is 5.41 Å². The zero-order valence-corrected chi connectivity index (χ0v) is 10.9. The van der Waals surface area contributed by atoms with Crippen molar-refractivity contribution in [1.82, 2.24) is 0 Å². The first-order valence-corrected chi connectivity index (χ1v) is 6.41. The first kappa shape index (κ1) is 12.2. The molecule has 1 saturated carbocycles. The maximum Gasteiger partial charge on any atom is 0.312 e. The number of alkyl halides is 1. The highest BCUT2D eigenvalue weighted by Crippen LogP contribution is 2.37. The van der Waals surface area contributed by atoms with Gasteiger partial charge in [0.2, 0.25) is 0 Å². The van der Waals surface area contributed by atoms with Crippen molar-refractivity contribution in [3.8, 4) is 0 Å². The van der Waals surface area contributed by atoms with Gasteiger partial charge in [-0.25, -0.2) is 0 Å². The number of hydrogen-bond donors (Lipinski definition) is 0. The summed E-state index contributed by atoms with van der Waals surface area (Å²) >= 11 is 2.05. The number of ether oxygens (including phenoxy) is 2. The van der Waals surface area contributed by atoms with Crippen LogP contribution in [0.2, 0.25) is 0 Å². The Morgan fingerprint density at radius 3 is 2.50 bits per heavy atom. The monoisotopic (exact) mass is 312 g/mol. The summed E-state index contributed by atoms with van der Waals surface area (Å²) in [5.74, 6) is -0.0542. The maximum absolute atomic E-state index is 11.6. The summed E-state index contributed by atoms with van der Waals surface area (Å²) in [6.45, 7) is 1.99. The average molecular weight is 312 g/mol. The highest BCUT2D eigenvalue weighted by molar-refractivity contribution is 14.1. The second kappa shape index (κ2) is 5.30. The molecule has 0 aromatic heterocycles. The van der Waals surface area contributed by atoms with E-state index in [4.69, 9.17) is 9.47 Å². The molecule has 1 aliphatic rings. The molecule has 0 spiro atoms. The number of carbonyl (C=O) groups excluding carboxylic acids is 1. The molecule has 0 N–H and O–H groups in total. The first-order chi connectivity index (χ1) is 6.62. The summed E-state index contributed by atoms with van der Waals surface area (Å²) in [7, 11) is 1.73. The van der Waals surface area contributed by atoms with E-state index < -0.39 is 0 Å². The molecule has 0 bridgehead atoms. The van der Waals surface area contributed by atoms with Crippen LogP contribution in [0.3, 0.4) is 0 Å². The van der Waals surface area contributed by atoms with Gasteiger partial charge in [-0.05, 0) is 55.2 Å². The smallest absolute Gasteiger partial charge is 0.312 e. The van der Waals surface area contributed by atoms with Gasteiger partial charge in [-0.1, -0.05) is 0 Å². The molecule has 0 aliphatic heterocycles. The van der Waals surface area contributed by atoms with Crippen LogP contribution in [0.1, 0.15) is 32.6 Å². The number of halogens is 1. The predicted molar refractivity (Wildman–Crippen MR) is 62.4 cm³/mol. The number of carbonyl (C=O) groups is 1. The van der Waals surface area contributed by atoms with Gasteiger partial charge < -0.3 is 9.47 Å². The molecule has 4 heteroatoms. The summed E-state index contributed by atoms with van der Waals surface area (Å²) in [6.07, 6.45) is 4.00. The van der Waals surface area contributed by atoms with Crippen molar-refractivity contribution >= 4 is 28.6 Å². The van der Waals surface area contributed by atoms with Crippen LogP contribution in [0.5, 0.6) is 0 Å². The van der Waals surface area contributed by atoms with Gasteiger partial charge in [-0.15, -0.1) is 0 Å². The lowest BCUT2D eigenvalue weighted by molar-refractivity contribution is -0.155. The van der Waals surface area contributed by atoms with E-state index in [-0.39, 0.29) is 11.4 Å². The van der Waals surface area contributed by atoms with Gasteiger partial charge in [0.05, 0.1) is 11.5 Å². The summed E-state index contributed by atoms with van der Waals surface area (Å²) in [5.41, 5.74) is -0.278. The highest BCUT2D eigenvalue weighted by Gasteiger charge is 2.38. The SMILES string of the molecule is COC1CCC(C)(C(=O)OCI)CC1. The van der Waals surface area contributed by atoms with E-state index >= 15 is 0 Å². The van der Waals surface area contributed by atoms with E-state index in [1.165, 1.54) is 0 Å². The lowest BCUT2D eigenvalue weighted by atomic mass is 9.75. The summed E-state index contributed by atoms with van der Waals surface area (Å²) in [5, 5.41) is 0. The Hall–Kier alpha value is 0.160. The number of esters is 1. The molecule has 0 aromatic rings. The molecule has 0 unspecified atom stereocenters. The topological polar surface area (TPSA) is 35.5 Å². The lowest BCUT2D eigenvalue weighted by Crippen LogP contribution is -2.36. The molecule has 82 valence electrons.